The van der Waals surface area contributed by atoms with Crippen molar-refractivity contribution in [2.75, 3.05) is 35.2 Å². The summed E-state index contributed by atoms with van der Waals surface area (Å²) in [6, 6.07) is 21.6. The van der Waals surface area contributed by atoms with Gasteiger partial charge >= 0.3 is 0 Å². The van der Waals surface area contributed by atoms with Gasteiger partial charge in [-0.25, -0.2) is 21.6 Å². The number of nitrogens with one attached hydrogen (secondary N) is 1. The Morgan fingerprint density at radius 1 is 0.982 bits per heavy atom. The lowest BCUT2D eigenvalue weighted by Gasteiger charge is -2.32. The third-order valence-electron chi connectivity index (χ3n) is 9.02. The van der Waals surface area contributed by atoms with Crippen LogP contribution in [-0.4, -0.2) is 64.8 Å². The van der Waals surface area contributed by atoms with Gasteiger partial charge in [-0.05, 0) is 79.7 Å². The number of benzene rings is 4. The fourth-order valence-corrected chi connectivity index (χ4v) is 10.4. The molecule has 1 N–H and O–H groups in total. The molecule has 2 heterocycles. The van der Waals surface area contributed by atoms with Crippen molar-refractivity contribution in [3.8, 4) is 0 Å². The van der Waals surface area contributed by atoms with Crippen molar-refractivity contribution in [2.24, 2.45) is 0 Å². The molecule has 55 heavy (non-hydrogen) atoms. The lowest BCUT2D eigenvalue weighted by molar-refractivity contribution is -0.667. The molecule has 0 amide bonds. The summed E-state index contributed by atoms with van der Waals surface area (Å²) in [6.45, 7) is 1.50. The van der Waals surface area contributed by atoms with E-state index in [0.717, 1.165) is 46.5 Å². The summed E-state index contributed by atoms with van der Waals surface area (Å²) in [5, 5.41) is 27.0. The number of thioether (sulfide) groups is 1. The number of carbonyl (C=O) groups excluding carboxylic acids is 2. The number of thiazole rings is 1. The molecular weight excluding hydrogens is 808 g/mol. The number of aryl methyl sites for hydroxylation is 1. The Bertz CT molecular complexity index is 2510. The number of unbranched alkanes of at least 4 members (excludes halogenated alkanes) is 1. The molecule has 0 saturated carbocycles. The number of hydrogen-bond acceptors (Lipinski definition) is 13. The minimum Gasteiger partial charge on any atom is -0.748 e. The Balaban J connectivity index is 1.19. The van der Waals surface area contributed by atoms with Gasteiger partial charge in [-0.1, -0.05) is 59.0 Å². The normalized spacial score (nSPS) is 14.5. The van der Waals surface area contributed by atoms with Crippen LogP contribution in [0.1, 0.15) is 31.2 Å². The average molecular weight is 843 g/mol. The van der Waals surface area contributed by atoms with E-state index in [0.29, 0.717) is 31.0 Å². The smallest absolute Gasteiger partial charge is 0.265 e. The highest BCUT2D eigenvalue weighted by Gasteiger charge is 2.29. The van der Waals surface area contributed by atoms with Gasteiger partial charge in [-0.3, -0.25) is 0 Å². The quantitative estimate of drug-likeness (QED) is 0.0817. The minimum absolute atomic E-state index is 0.0762. The maximum atomic E-state index is 13.1. The molecule has 5 aromatic rings. The first-order valence-electron chi connectivity index (χ1n) is 17.1. The second-order valence-electron chi connectivity index (χ2n) is 12.8. The minimum atomic E-state index is -4.40. The summed E-state index contributed by atoms with van der Waals surface area (Å²) >= 11 is 9.55. The van der Waals surface area contributed by atoms with Crippen molar-refractivity contribution >= 4 is 105 Å². The monoisotopic (exact) mass is 842 g/mol. The van der Waals surface area contributed by atoms with Gasteiger partial charge in [0.1, 0.15) is 4.70 Å². The van der Waals surface area contributed by atoms with E-state index in [1.807, 2.05) is 54.6 Å². The number of carboxylic acid groups (broad SMARTS) is 2. The summed E-state index contributed by atoms with van der Waals surface area (Å²) in [5.74, 6) is -3.48. The van der Waals surface area contributed by atoms with Gasteiger partial charge in [0.15, 0.2) is 6.54 Å². The molecule has 6 rings (SSSR count). The maximum Gasteiger partial charge on any atom is 0.265 e. The van der Waals surface area contributed by atoms with Crippen molar-refractivity contribution in [3.05, 3.63) is 93.9 Å². The molecule has 13 nitrogen and oxygen atoms in total. The van der Waals surface area contributed by atoms with Gasteiger partial charge in [-0.2, -0.15) is 4.57 Å². The first kappa shape index (κ1) is 40.4. The number of carboxylic acids is 2. The molecule has 1 aliphatic rings. The molecule has 290 valence electrons. The third-order valence-corrected chi connectivity index (χ3v) is 13.7. The zero-order chi connectivity index (χ0) is 39.5. The Morgan fingerprint density at radius 2 is 1.73 bits per heavy atom. The largest absolute Gasteiger partial charge is 0.748 e. The van der Waals surface area contributed by atoms with E-state index in [1.165, 1.54) is 31.2 Å². The van der Waals surface area contributed by atoms with Crippen molar-refractivity contribution in [1.29, 1.82) is 0 Å². The van der Waals surface area contributed by atoms with Gasteiger partial charge < -0.3 is 34.2 Å². The Morgan fingerprint density at radius 3 is 2.44 bits per heavy atom. The van der Waals surface area contributed by atoms with Gasteiger partial charge in [0.05, 0.1) is 61.7 Å². The van der Waals surface area contributed by atoms with E-state index in [9.17, 15) is 41.2 Å². The number of aromatic nitrogens is 1. The van der Waals surface area contributed by atoms with Crippen LogP contribution in [0.3, 0.4) is 0 Å². The van der Waals surface area contributed by atoms with Gasteiger partial charge in [0.25, 0.3) is 5.01 Å². The van der Waals surface area contributed by atoms with Gasteiger partial charge in [0, 0.05) is 40.9 Å². The molecule has 0 spiro atoms. The molecule has 1 unspecified atom stereocenters. The van der Waals surface area contributed by atoms with Crippen molar-refractivity contribution in [2.45, 2.75) is 48.6 Å². The first-order valence-corrected chi connectivity index (χ1v) is 22.2. The molecular formula is C37H35ClN4O9S4-2. The van der Waals surface area contributed by atoms with Crippen molar-refractivity contribution in [1.82, 2.24) is 4.72 Å². The van der Waals surface area contributed by atoms with Crippen LogP contribution in [0.4, 0.5) is 11.4 Å². The molecule has 0 aliphatic carbocycles. The van der Waals surface area contributed by atoms with E-state index in [-0.39, 0.29) is 23.5 Å². The van der Waals surface area contributed by atoms with Crippen LogP contribution in [0.25, 0.3) is 27.1 Å². The molecule has 0 fully saturated rings. The average Bonchev–Trinajstić information content (AvgIpc) is 3.66. The van der Waals surface area contributed by atoms with Crippen molar-refractivity contribution < 1.29 is 45.8 Å². The summed E-state index contributed by atoms with van der Waals surface area (Å²) in [6.07, 6.45) is 3.26. The summed E-state index contributed by atoms with van der Waals surface area (Å²) < 4.78 is 66.4. The highest BCUT2D eigenvalue weighted by atomic mass is 35.5. The molecule has 1 aliphatic heterocycles. The predicted molar refractivity (Wildman–Crippen MR) is 209 cm³/mol. The van der Waals surface area contributed by atoms with Crippen LogP contribution in [-0.2, 0) is 36.3 Å². The number of hydrogen-bond donors (Lipinski definition) is 1. The topological polar surface area (TPSA) is 194 Å². The van der Waals surface area contributed by atoms with E-state index < -0.39 is 50.4 Å². The fourth-order valence-electron chi connectivity index (χ4n) is 6.34. The molecule has 0 bridgehead atoms. The summed E-state index contributed by atoms with van der Waals surface area (Å²) in [4.78, 5) is 26.7. The van der Waals surface area contributed by atoms with Crippen LogP contribution >= 0.6 is 34.7 Å². The molecule has 1 atom stereocenters. The van der Waals surface area contributed by atoms with Crippen molar-refractivity contribution in [3.63, 3.8) is 0 Å². The fraction of sp³-hybridized carbons (Fsp3) is 0.270. The van der Waals surface area contributed by atoms with Crippen LogP contribution in [0.5, 0.6) is 0 Å². The first-order chi connectivity index (χ1) is 26.1. The number of anilines is 2. The Labute approximate surface area is 331 Å². The van der Waals surface area contributed by atoms with E-state index in [2.05, 4.69) is 20.3 Å². The lowest BCUT2D eigenvalue weighted by atomic mass is 10.1. The SMILES string of the molecule is CC(C(=O)[O-])N(CC(=O)[O-])c1ccc(S(=O)(=O)NCCCCN2/C(=C/c3sc4ccc5ccccc5c4[n+]3CCCS(=O)(=O)[O-])Sc3ccc(Cl)cc32)cc1. The highest BCUT2D eigenvalue weighted by Crippen LogP contribution is 2.48. The molecule has 18 heteroatoms. The van der Waals surface area contributed by atoms with E-state index in [4.69, 9.17) is 11.6 Å². The maximum absolute atomic E-state index is 13.1. The van der Waals surface area contributed by atoms with Crippen LogP contribution in [0.15, 0.2) is 93.7 Å². The number of aliphatic carboxylic acids is 2. The standard InChI is InChI=1S/C37H37ClN4O9S4/c1-24(37(45)46)42(23-35(43)44)27-11-13-28(14-12-27)55(50,51)39-17-4-5-18-40-30-21-26(38)10-16-31(30)52-33(40)22-34-41(19-6-20-54(47,48)49)36-29-8-3-2-7-25(29)9-15-32(36)53-34/h2-3,7-16,21-22,24,39H,4-6,17-20,23H2,1H3,(H2-,43,44,45,46,47,48,49)/p-2. The van der Waals surface area contributed by atoms with Gasteiger partial charge in [-0.15, -0.1) is 0 Å². The van der Waals surface area contributed by atoms with Crippen LogP contribution < -0.4 is 29.3 Å². The second-order valence-corrected chi connectivity index (χ2v) is 18.6. The number of fused-ring (bicyclic) bond motifs is 4. The number of halogens is 1. The van der Waals surface area contributed by atoms with E-state index in [1.54, 1.807) is 23.1 Å². The predicted octanol–water partition coefficient (Wildman–Crippen LogP) is 3.29. The lowest BCUT2D eigenvalue weighted by Crippen LogP contribution is -2.50. The third kappa shape index (κ3) is 9.60. The molecule has 0 radical (unpaired) electrons. The highest BCUT2D eigenvalue weighted by molar-refractivity contribution is 8.04. The second kappa shape index (κ2) is 16.9. The molecule has 4 aromatic carbocycles. The summed E-state index contributed by atoms with van der Waals surface area (Å²) in [7, 11) is -8.35. The number of nitrogens with zero attached hydrogens (tertiary/aromatic N) is 3. The van der Waals surface area contributed by atoms with Gasteiger partial charge in [0.2, 0.25) is 15.5 Å². The molecule has 1 aromatic heterocycles. The molecule has 0 saturated heterocycles. The Hall–Kier alpha value is -4.23. The number of carbonyl (C=O) groups is 2. The number of rotatable bonds is 17. The van der Waals surface area contributed by atoms with Crippen LogP contribution in [0.2, 0.25) is 5.02 Å². The Kier molecular flexibility index (Phi) is 12.4. The zero-order valence-corrected chi connectivity index (χ0v) is 33.4. The summed E-state index contributed by atoms with van der Waals surface area (Å²) in [5.41, 5.74) is 2.04. The zero-order valence-electron chi connectivity index (χ0n) is 29.3. The number of sulfonamides is 1. The van der Waals surface area contributed by atoms with Crippen LogP contribution in [0, 0.1) is 0 Å². The van der Waals surface area contributed by atoms with E-state index >= 15 is 0 Å².